The number of ether oxygens (including phenoxy) is 1. The highest BCUT2D eigenvalue weighted by atomic mass is 16.6. The predicted molar refractivity (Wildman–Crippen MR) is 108 cm³/mol. The van der Waals surface area contributed by atoms with Crippen molar-refractivity contribution in [1.29, 1.82) is 0 Å². The van der Waals surface area contributed by atoms with Crippen LogP contribution in [0, 0.1) is 5.92 Å². The second-order valence-corrected chi connectivity index (χ2v) is 8.29. The number of benzene rings is 1. The molecule has 0 saturated heterocycles. The molecule has 3 atom stereocenters. The molecule has 0 spiro atoms. The van der Waals surface area contributed by atoms with Crippen molar-refractivity contribution in [2.24, 2.45) is 5.92 Å². The largest absolute Gasteiger partial charge is 0.444 e. The lowest BCUT2D eigenvalue weighted by molar-refractivity contribution is -0.134. The zero-order chi connectivity index (χ0) is 20.2. The smallest absolute Gasteiger partial charge is 0.407 e. The van der Waals surface area contributed by atoms with Gasteiger partial charge in [-0.1, -0.05) is 37.3 Å². The van der Waals surface area contributed by atoms with Crippen LogP contribution in [0.15, 0.2) is 30.3 Å². The van der Waals surface area contributed by atoms with E-state index in [0.717, 1.165) is 18.4 Å². The molecule has 1 N–H and O–H groups in total. The van der Waals surface area contributed by atoms with Crippen molar-refractivity contribution in [2.45, 2.75) is 71.4 Å². The normalized spacial score (nSPS) is 22.7. The highest BCUT2D eigenvalue weighted by Gasteiger charge is 2.64. The molecule has 1 aliphatic carbocycles. The summed E-state index contributed by atoms with van der Waals surface area (Å²) >= 11 is 0. The van der Waals surface area contributed by atoms with Gasteiger partial charge in [-0.25, -0.2) is 4.79 Å². The van der Waals surface area contributed by atoms with E-state index in [0.29, 0.717) is 13.1 Å². The molecule has 27 heavy (non-hydrogen) atoms. The van der Waals surface area contributed by atoms with Gasteiger partial charge in [-0.05, 0) is 58.9 Å². The maximum atomic E-state index is 13.4. The Bertz CT molecular complexity index is 649. The molecule has 1 aromatic carbocycles. The summed E-state index contributed by atoms with van der Waals surface area (Å²) in [6, 6.07) is 9.88. The van der Waals surface area contributed by atoms with Gasteiger partial charge in [0.25, 0.3) is 0 Å². The zero-order valence-electron chi connectivity index (χ0n) is 17.5. The van der Waals surface area contributed by atoms with Gasteiger partial charge in [0.05, 0.1) is 5.41 Å². The van der Waals surface area contributed by atoms with E-state index in [4.69, 9.17) is 4.74 Å². The van der Waals surface area contributed by atoms with Crippen molar-refractivity contribution in [3.05, 3.63) is 35.9 Å². The van der Waals surface area contributed by atoms with Crippen molar-refractivity contribution in [1.82, 2.24) is 10.2 Å². The van der Waals surface area contributed by atoms with Crippen LogP contribution in [-0.4, -0.2) is 41.6 Å². The third-order valence-electron chi connectivity index (χ3n) is 5.36. The van der Waals surface area contributed by atoms with Crippen LogP contribution < -0.4 is 5.32 Å². The van der Waals surface area contributed by atoms with Gasteiger partial charge >= 0.3 is 6.09 Å². The monoisotopic (exact) mass is 374 g/mol. The number of alkyl carbamates (subject to hydrolysis) is 1. The van der Waals surface area contributed by atoms with E-state index in [2.05, 4.69) is 5.32 Å². The van der Waals surface area contributed by atoms with Crippen molar-refractivity contribution < 1.29 is 14.3 Å². The Balaban J connectivity index is 2.27. The van der Waals surface area contributed by atoms with Gasteiger partial charge in [0.1, 0.15) is 5.60 Å². The van der Waals surface area contributed by atoms with Crippen molar-refractivity contribution in [2.75, 3.05) is 13.1 Å². The van der Waals surface area contributed by atoms with E-state index >= 15 is 0 Å². The number of carbonyl (C=O) groups is 2. The number of hydrogen-bond acceptors (Lipinski definition) is 3. The molecule has 2 rings (SSSR count). The minimum atomic E-state index is -0.553. The molecule has 5 nitrogen and oxygen atoms in total. The van der Waals surface area contributed by atoms with E-state index in [1.807, 2.05) is 76.8 Å². The van der Waals surface area contributed by atoms with Gasteiger partial charge < -0.3 is 15.0 Å². The summed E-state index contributed by atoms with van der Waals surface area (Å²) in [5.41, 5.74) is -0.0565. The molecule has 0 aliphatic heterocycles. The second-order valence-electron chi connectivity index (χ2n) is 8.29. The molecule has 1 aromatic rings. The van der Waals surface area contributed by atoms with E-state index in [1.165, 1.54) is 0 Å². The highest BCUT2D eigenvalue weighted by Crippen LogP contribution is 2.57. The first-order valence-corrected chi connectivity index (χ1v) is 10.0. The summed E-state index contributed by atoms with van der Waals surface area (Å²) in [5, 5.41) is 3.01. The average Bonchev–Trinajstić information content (AvgIpc) is 3.36. The SMILES string of the molecule is CC[C@H](NC(=O)OC(C)(C)C)[C@@H]1C[C@@]1(C(=O)N(CC)CC)c1ccccc1. The first-order chi connectivity index (χ1) is 12.7. The van der Waals surface area contributed by atoms with Crippen LogP contribution in [-0.2, 0) is 14.9 Å². The number of hydrogen-bond donors (Lipinski definition) is 1. The van der Waals surface area contributed by atoms with E-state index in [-0.39, 0.29) is 17.9 Å². The second kappa shape index (κ2) is 8.32. The molecule has 0 radical (unpaired) electrons. The number of nitrogens with zero attached hydrogens (tertiary/aromatic N) is 1. The molecule has 2 amide bonds. The lowest BCUT2D eigenvalue weighted by Crippen LogP contribution is -2.45. The Kier molecular flexibility index (Phi) is 6.55. The summed E-state index contributed by atoms with van der Waals surface area (Å²) in [7, 11) is 0. The fourth-order valence-electron chi connectivity index (χ4n) is 3.95. The molecular weight excluding hydrogens is 340 g/mol. The van der Waals surface area contributed by atoms with Gasteiger partial charge in [-0.15, -0.1) is 0 Å². The lowest BCUT2D eigenvalue weighted by Gasteiger charge is -2.29. The van der Waals surface area contributed by atoms with Gasteiger partial charge in [-0.2, -0.15) is 0 Å². The fourth-order valence-corrected chi connectivity index (χ4v) is 3.95. The minimum absolute atomic E-state index is 0.0746. The molecule has 5 heteroatoms. The molecule has 0 bridgehead atoms. The average molecular weight is 375 g/mol. The molecule has 1 fully saturated rings. The molecule has 0 aromatic heterocycles. The van der Waals surface area contributed by atoms with Crippen LogP contribution in [0.1, 0.15) is 59.9 Å². The van der Waals surface area contributed by atoms with E-state index in [9.17, 15) is 9.59 Å². The third-order valence-corrected chi connectivity index (χ3v) is 5.36. The summed E-state index contributed by atoms with van der Waals surface area (Å²) in [5.74, 6) is 0.235. The summed E-state index contributed by atoms with van der Waals surface area (Å²) in [6.07, 6.45) is 1.09. The van der Waals surface area contributed by atoms with Crippen LogP contribution in [0.4, 0.5) is 4.79 Å². The molecule has 0 unspecified atom stereocenters. The Morgan fingerprint density at radius 1 is 1.19 bits per heavy atom. The number of nitrogens with one attached hydrogen (secondary N) is 1. The maximum absolute atomic E-state index is 13.4. The topological polar surface area (TPSA) is 58.6 Å². The highest BCUT2D eigenvalue weighted by molar-refractivity contribution is 5.92. The van der Waals surface area contributed by atoms with E-state index in [1.54, 1.807) is 0 Å². The zero-order valence-corrected chi connectivity index (χ0v) is 17.5. The fraction of sp³-hybridized carbons (Fsp3) is 0.636. The number of carbonyl (C=O) groups excluding carboxylic acids is 2. The maximum Gasteiger partial charge on any atom is 0.407 e. The first-order valence-electron chi connectivity index (χ1n) is 10.0. The minimum Gasteiger partial charge on any atom is -0.444 e. The summed E-state index contributed by atoms with van der Waals surface area (Å²) < 4.78 is 5.43. The Hall–Kier alpha value is -2.04. The third kappa shape index (κ3) is 4.63. The van der Waals surface area contributed by atoms with Gasteiger partial charge in [0.2, 0.25) is 5.91 Å². The predicted octanol–water partition coefficient (Wildman–Crippen LogP) is 4.12. The molecule has 0 heterocycles. The number of likely N-dealkylation sites (N-methyl/N-ethyl adjacent to an activating group) is 1. The summed E-state index contributed by atoms with van der Waals surface area (Å²) in [4.78, 5) is 27.6. The quantitative estimate of drug-likeness (QED) is 0.781. The Morgan fingerprint density at radius 3 is 2.26 bits per heavy atom. The standard InChI is InChI=1S/C22H34N2O3/c1-7-18(23-20(26)27-21(4,5)6)17-15-22(17,16-13-11-10-12-14-16)19(25)24(8-2)9-3/h10-14,17-18H,7-9,15H2,1-6H3,(H,23,26)/t17-,18-,22+/m0/s1. The van der Waals surface area contributed by atoms with Crippen molar-refractivity contribution in [3.8, 4) is 0 Å². The lowest BCUT2D eigenvalue weighted by atomic mass is 9.88. The van der Waals surface area contributed by atoms with Crippen molar-refractivity contribution in [3.63, 3.8) is 0 Å². The van der Waals surface area contributed by atoms with Crippen molar-refractivity contribution >= 4 is 12.0 Å². The Labute approximate surface area is 163 Å². The molecule has 150 valence electrons. The van der Waals surface area contributed by atoms with Gasteiger partial charge in [0.15, 0.2) is 0 Å². The van der Waals surface area contributed by atoms with Crippen LogP contribution in [0.5, 0.6) is 0 Å². The van der Waals surface area contributed by atoms with Gasteiger partial charge in [0, 0.05) is 19.1 Å². The number of rotatable bonds is 7. The van der Waals surface area contributed by atoms with E-state index < -0.39 is 17.1 Å². The van der Waals surface area contributed by atoms with Crippen LogP contribution in [0.2, 0.25) is 0 Å². The molecule has 1 aliphatic rings. The van der Waals surface area contributed by atoms with Crippen LogP contribution >= 0.6 is 0 Å². The summed E-state index contributed by atoms with van der Waals surface area (Å²) in [6.45, 7) is 13.0. The molecular formula is C22H34N2O3. The van der Waals surface area contributed by atoms with Crippen LogP contribution in [0.3, 0.4) is 0 Å². The molecule has 1 saturated carbocycles. The van der Waals surface area contributed by atoms with Gasteiger partial charge in [-0.3, -0.25) is 4.79 Å². The number of amides is 2. The van der Waals surface area contributed by atoms with Crippen LogP contribution in [0.25, 0.3) is 0 Å². The first kappa shape index (κ1) is 21.3. The Morgan fingerprint density at radius 2 is 1.78 bits per heavy atom.